The summed E-state index contributed by atoms with van der Waals surface area (Å²) in [4.78, 5) is 18.8. The zero-order valence-electron chi connectivity index (χ0n) is 6.66. The van der Waals surface area contributed by atoms with Crippen LogP contribution < -0.4 is 0 Å². The van der Waals surface area contributed by atoms with Crippen molar-refractivity contribution < 1.29 is 19.4 Å². The Bertz CT molecular complexity index is 127. The number of hydrogen-bond donors (Lipinski definition) is 1. The highest BCUT2D eigenvalue weighted by Crippen LogP contribution is 1.81. The van der Waals surface area contributed by atoms with E-state index in [-0.39, 0.29) is 5.57 Å². The molecule has 0 spiro atoms. The first-order valence-electron chi connectivity index (χ1n) is 3.00. The van der Waals surface area contributed by atoms with Crippen LogP contribution in [0.1, 0.15) is 13.8 Å². The van der Waals surface area contributed by atoms with Crippen LogP contribution in [0.25, 0.3) is 0 Å². The summed E-state index contributed by atoms with van der Waals surface area (Å²) in [6.07, 6.45) is 0. The van der Waals surface area contributed by atoms with E-state index in [2.05, 4.69) is 11.3 Å². The smallest absolute Gasteiger partial charge is 0.330 e. The van der Waals surface area contributed by atoms with E-state index in [1.807, 2.05) is 0 Å². The van der Waals surface area contributed by atoms with Crippen LogP contribution in [0.4, 0.5) is 0 Å². The largest absolute Gasteiger partial charge is 0.478 e. The van der Waals surface area contributed by atoms with E-state index < -0.39 is 5.97 Å². The molecule has 0 aromatic carbocycles. The zero-order chi connectivity index (χ0) is 9.28. The van der Waals surface area contributed by atoms with Crippen molar-refractivity contribution in [3.05, 3.63) is 12.2 Å². The summed E-state index contributed by atoms with van der Waals surface area (Å²) < 4.78 is 4.15. The standard InChI is InChI=1S/C4H6O2.C3H6O2/c1-3(2)4(5)6;1-2-5-3-4/h1H2,2H3,(H,5,6);3H,2H2,1H3. The maximum atomic E-state index is 9.60. The quantitative estimate of drug-likeness (QED) is 0.490. The lowest BCUT2D eigenvalue weighted by atomic mass is 10.4. The maximum absolute atomic E-state index is 9.60. The highest BCUT2D eigenvalue weighted by atomic mass is 16.5. The van der Waals surface area contributed by atoms with E-state index >= 15 is 0 Å². The van der Waals surface area contributed by atoms with E-state index in [1.165, 1.54) is 6.92 Å². The third kappa shape index (κ3) is 17.7. The van der Waals surface area contributed by atoms with Crippen LogP contribution in [0.3, 0.4) is 0 Å². The molecule has 4 nitrogen and oxygen atoms in total. The molecule has 0 aliphatic carbocycles. The Morgan fingerprint density at radius 3 is 2.09 bits per heavy atom. The summed E-state index contributed by atoms with van der Waals surface area (Å²) in [5.74, 6) is -0.935. The molecule has 0 unspecified atom stereocenters. The second kappa shape index (κ2) is 8.68. The molecular weight excluding hydrogens is 148 g/mol. The molecule has 64 valence electrons. The Labute approximate surface area is 65.5 Å². The van der Waals surface area contributed by atoms with Crippen LogP contribution in [-0.2, 0) is 14.3 Å². The molecule has 0 aromatic heterocycles. The van der Waals surface area contributed by atoms with Gasteiger partial charge in [0.15, 0.2) is 0 Å². The summed E-state index contributed by atoms with van der Waals surface area (Å²) in [6.45, 7) is 7.27. The first-order chi connectivity index (χ1) is 5.06. The maximum Gasteiger partial charge on any atom is 0.330 e. The molecular formula is C7H12O4. The second-order valence-corrected chi connectivity index (χ2v) is 1.64. The van der Waals surface area contributed by atoms with Gasteiger partial charge in [-0.15, -0.1) is 0 Å². The Morgan fingerprint density at radius 1 is 1.73 bits per heavy atom. The van der Waals surface area contributed by atoms with Crippen LogP contribution in [0, 0.1) is 0 Å². The fourth-order valence-corrected chi connectivity index (χ4v) is 0.0680. The number of carboxylic acids is 1. The number of rotatable bonds is 3. The predicted molar refractivity (Wildman–Crippen MR) is 40.1 cm³/mol. The lowest BCUT2D eigenvalue weighted by molar-refractivity contribution is -0.132. The minimum absolute atomic E-state index is 0.176. The van der Waals surface area contributed by atoms with Gasteiger partial charge in [-0.3, -0.25) is 4.79 Å². The molecule has 0 aliphatic heterocycles. The van der Waals surface area contributed by atoms with Gasteiger partial charge in [0.25, 0.3) is 6.47 Å². The molecule has 4 heteroatoms. The molecule has 0 saturated heterocycles. The highest BCUT2D eigenvalue weighted by molar-refractivity contribution is 5.84. The topological polar surface area (TPSA) is 63.6 Å². The van der Waals surface area contributed by atoms with Crippen molar-refractivity contribution in [1.82, 2.24) is 0 Å². The van der Waals surface area contributed by atoms with Gasteiger partial charge in [-0.2, -0.15) is 0 Å². The molecule has 0 atom stereocenters. The first kappa shape index (κ1) is 12.4. The van der Waals surface area contributed by atoms with Gasteiger partial charge in [-0.25, -0.2) is 4.79 Å². The summed E-state index contributed by atoms with van der Waals surface area (Å²) in [7, 11) is 0. The minimum atomic E-state index is -0.935. The second-order valence-electron chi connectivity index (χ2n) is 1.64. The van der Waals surface area contributed by atoms with E-state index in [0.29, 0.717) is 13.1 Å². The minimum Gasteiger partial charge on any atom is -0.478 e. The van der Waals surface area contributed by atoms with E-state index in [0.717, 1.165) is 0 Å². The fourth-order valence-electron chi connectivity index (χ4n) is 0.0680. The van der Waals surface area contributed by atoms with Gasteiger partial charge in [-0.05, 0) is 13.8 Å². The molecule has 0 bridgehead atoms. The summed E-state index contributed by atoms with van der Waals surface area (Å²) in [6, 6.07) is 0. The molecule has 0 radical (unpaired) electrons. The summed E-state index contributed by atoms with van der Waals surface area (Å²) in [5.41, 5.74) is 0.176. The molecule has 0 fully saturated rings. The molecule has 0 aromatic rings. The van der Waals surface area contributed by atoms with Crippen molar-refractivity contribution in [2.45, 2.75) is 13.8 Å². The van der Waals surface area contributed by atoms with Crippen molar-refractivity contribution in [3.63, 3.8) is 0 Å². The molecule has 0 saturated carbocycles. The number of carbonyl (C=O) groups is 2. The van der Waals surface area contributed by atoms with Crippen molar-refractivity contribution in [1.29, 1.82) is 0 Å². The van der Waals surface area contributed by atoms with E-state index in [1.54, 1.807) is 6.92 Å². The monoisotopic (exact) mass is 160 g/mol. The lowest BCUT2D eigenvalue weighted by Gasteiger charge is -1.79. The molecule has 0 heterocycles. The van der Waals surface area contributed by atoms with Gasteiger partial charge < -0.3 is 9.84 Å². The van der Waals surface area contributed by atoms with Crippen LogP contribution >= 0.6 is 0 Å². The van der Waals surface area contributed by atoms with E-state index in [4.69, 9.17) is 5.11 Å². The van der Waals surface area contributed by atoms with Crippen LogP contribution in [-0.4, -0.2) is 24.2 Å². The van der Waals surface area contributed by atoms with Gasteiger partial charge in [0.1, 0.15) is 0 Å². The highest BCUT2D eigenvalue weighted by Gasteiger charge is 1.90. The van der Waals surface area contributed by atoms with Gasteiger partial charge in [0.05, 0.1) is 6.61 Å². The fraction of sp³-hybridized carbons (Fsp3) is 0.429. The zero-order valence-corrected chi connectivity index (χ0v) is 6.66. The number of aliphatic carboxylic acids is 1. The first-order valence-corrected chi connectivity index (χ1v) is 3.00. The Kier molecular flexibility index (Phi) is 9.76. The number of carbonyl (C=O) groups excluding carboxylic acids is 1. The van der Waals surface area contributed by atoms with E-state index in [9.17, 15) is 9.59 Å². The van der Waals surface area contributed by atoms with Crippen molar-refractivity contribution in [2.75, 3.05) is 6.61 Å². The SMILES string of the molecule is C=C(C)C(=O)O.CCOC=O. The van der Waals surface area contributed by atoms with Crippen LogP contribution in [0.5, 0.6) is 0 Å². The van der Waals surface area contributed by atoms with Crippen LogP contribution in [0.2, 0.25) is 0 Å². The Balaban J connectivity index is 0. The third-order valence-corrected chi connectivity index (χ3v) is 0.600. The summed E-state index contributed by atoms with van der Waals surface area (Å²) >= 11 is 0. The average molecular weight is 160 g/mol. The van der Waals surface area contributed by atoms with Gasteiger partial charge >= 0.3 is 5.97 Å². The molecule has 0 aliphatic rings. The number of carboxylic acid groups (broad SMARTS) is 1. The van der Waals surface area contributed by atoms with Gasteiger partial charge in [0, 0.05) is 5.57 Å². The van der Waals surface area contributed by atoms with Crippen molar-refractivity contribution >= 4 is 12.4 Å². The van der Waals surface area contributed by atoms with Crippen LogP contribution in [0.15, 0.2) is 12.2 Å². The Morgan fingerprint density at radius 2 is 2.09 bits per heavy atom. The number of hydrogen-bond acceptors (Lipinski definition) is 3. The van der Waals surface area contributed by atoms with Gasteiger partial charge in [-0.1, -0.05) is 6.58 Å². The predicted octanol–water partition coefficient (Wildman–Crippen LogP) is 0.826. The molecule has 0 amide bonds. The van der Waals surface area contributed by atoms with Crippen molar-refractivity contribution in [2.24, 2.45) is 0 Å². The normalized spacial score (nSPS) is 7.09. The lowest BCUT2D eigenvalue weighted by Crippen LogP contribution is -1.92. The Hall–Kier alpha value is -1.32. The average Bonchev–Trinajstić information content (AvgIpc) is 1.90. The van der Waals surface area contributed by atoms with Crippen molar-refractivity contribution in [3.8, 4) is 0 Å². The molecule has 1 N–H and O–H groups in total. The summed E-state index contributed by atoms with van der Waals surface area (Å²) in [5, 5.41) is 7.89. The third-order valence-electron chi connectivity index (χ3n) is 0.600. The van der Waals surface area contributed by atoms with Gasteiger partial charge in [0.2, 0.25) is 0 Å². The molecule has 11 heavy (non-hydrogen) atoms. The molecule has 0 rings (SSSR count). The number of ether oxygens (including phenoxy) is 1.